The molecule has 4 aliphatic carbocycles. The summed E-state index contributed by atoms with van der Waals surface area (Å²) in [5, 5.41) is 4.72. The van der Waals surface area contributed by atoms with Crippen LogP contribution in [0.1, 0.15) is 49.3 Å². The van der Waals surface area contributed by atoms with Crippen LogP contribution in [-0.4, -0.2) is 5.51 Å². The lowest BCUT2D eigenvalue weighted by molar-refractivity contribution is -0.0331. The molecule has 4 saturated carbocycles. The van der Waals surface area contributed by atoms with Gasteiger partial charge in [0, 0.05) is 11.9 Å². The Bertz CT molecular complexity index is 1200. The summed E-state index contributed by atoms with van der Waals surface area (Å²) in [5.41, 5.74) is -2.51. The Morgan fingerprint density at radius 3 is 2.27 bits per heavy atom. The first-order chi connectivity index (χ1) is 15.9. The van der Waals surface area contributed by atoms with Crippen LogP contribution in [0.25, 0.3) is 21.5 Å². The molecule has 6 heteroatoms. The van der Waals surface area contributed by atoms with Gasteiger partial charge in [0.2, 0.25) is 0 Å². The van der Waals surface area contributed by atoms with Gasteiger partial charge in [-0.25, -0.2) is 0 Å². The fraction of sp³-hybridized carbons (Fsp3) is 0.481. The Balaban J connectivity index is 1.41. The van der Waals surface area contributed by atoms with Gasteiger partial charge >= 0.3 is 5.51 Å². The highest BCUT2D eigenvalue weighted by Gasteiger charge is 2.72. The van der Waals surface area contributed by atoms with Gasteiger partial charge in [-0.1, -0.05) is 60.5 Å². The van der Waals surface area contributed by atoms with E-state index in [-0.39, 0.29) is 22.6 Å². The molecule has 6 atom stereocenters. The highest BCUT2D eigenvalue weighted by atomic mass is 32.2. The maximum absolute atomic E-state index is 13.1. The predicted octanol–water partition coefficient (Wildman–Crippen LogP) is 8.66. The SMILES string of the molecule is FC(F)(F)SNSC(c1c2ccccc2cc2ccccc12)C12CC3CC4CC(C1)C4(C3)C2. The van der Waals surface area contributed by atoms with E-state index in [2.05, 4.69) is 58.7 Å². The minimum Gasteiger partial charge on any atom is -0.200 e. The molecule has 7 rings (SSSR count). The van der Waals surface area contributed by atoms with Gasteiger partial charge in [0.1, 0.15) is 0 Å². The van der Waals surface area contributed by atoms with Crippen LogP contribution in [0.5, 0.6) is 0 Å². The van der Waals surface area contributed by atoms with Crippen LogP contribution in [0.4, 0.5) is 13.2 Å². The maximum Gasteiger partial charge on any atom is 0.456 e. The Morgan fingerprint density at radius 2 is 1.58 bits per heavy atom. The first-order valence-electron chi connectivity index (χ1n) is 11.9. The largest absolute Gasteiger partial charge is 0.456 e. The molecule has 1 spiro atoms. The molecule has 6 unspecified atom stereocenters. The highest BCUT2D eigenvalue weighted by molar-refractivity contribution is 8.13. The van der Waals surface area contributed by atoms with Crippen LogP contribution in [0.3, 0.4) is 0 Å². The number of rotatable bonds is 5. The monoisotopic (exact) mass is 485 g/mol. The smallest absolute Gasteiger partial charge is 0.200 e. The summed E-state index contributed by atoms with van der Waals surface area (Å²) in [4.78, 5) is 0. The lowest BCUT2D eigenvalue weighted by atomic mass is 9.55. The number of halogens is 3. The van der Waals surface area contributed by atoms with E-state index in [1.165, 1.54) is 71.2 Å². The second-order valence-corrected chi connectivity index (χ2v) is 13.0. The number of alkyl halides is 3. The average molecular weight is 486 g/mol. The summed E-state index contributed by atoms with van der Waals surface area (Å²) in [6, 6.07) is 19.1. The molecule has 172 valence electrons. The van der Waals surface area contributed by atoms with Crippen LogP contribution in [0, 0.1) is 28.6 Å². The Kier molecular flexibility index (Phi) is 4.50. The van der Waals surface area contributed by atoms with E-state index in [4.69, 9.17) is 0 Å². The van der Waals surface area contributed by atoms with Crippen molar-refractivity contribution in [2.24, 2.45) is 28.6 Å². The number of benzene rings is 3. The summed E-state index contributed by atoms with van der Waals surface area (Å²) in [5.74, 6) is 2.38. The van der Waals surface area contributed by atoms with Gasteiger partial charge in [0.15, 0.2) is 0 Å². The molecule has 3 aromatic rings. The van der Waals surface area contributed by atoms with Crippen LogP contribution < -0.4 is 4.13 Å². The van der Waals surface area contributed by atoms with Gasteiger partial charge in [0.05, 0.1) is 5.25 Å². The minimum absolute atomic E-state index is 0.00706. The summed E-state index contributed by atoms with van der Waals surface area (Å²) < 4.78 is 42.1. The van der Waals surface area contributed by atoms with E-state index < -0.39 is 5.51 Å². The lowest BCUT2D eigenvalue weighted by Crippen LogP contribution is -2.42. The average Bonchev–Trinajstić information content (AvgIpc) is 3.10. The molecule has 3 bridgehead atoms. The molecule has 4 aliphatic rings. The van der Waals surface area contributed by atoms with E-state index in [9.17, 15) is 13.2 Å². The molecule has 0 heterocycles. The van der Waals surface area contributed by atoms with Crippen molar-refractivity contribution in [1.82, 2.24) is 4.13 Å². The van der Waals surface area contributed by atoms with E-state index in [1.807, 2.05) is 0 Å². The maximum atomic E-state index is 13.1. The second kappa shape index (κ2) is 7.08. The van der Waals surface area contributed by atoms with Gasteiger partial charge in [-0.2, -0.15) is 17.3 Å². The third-order valence-corrected chi connectivity index (χ3v) is 11.4. The van der Waals surface area contributed by atoms with Crippen molar-refractivity contribution in [3.63, 3.8) is 0 Å². The van der Waals surface area contributed by atoms with E-state index in [1.54, 1.807) is 0 Å². The quantitative estimate of drug-likeness (QED) is 0.287. The summed E-state index contributed by atoms with van der Waals surface area (Å²) >= 11 is 1.22. The van der Waals surface area contributed by atoms with Crippen LogP contribution >= 0.6 is 23.9 Å². The third-order valence-electron chi connectivity index (χ3n) is 9.47. The van der Waals surface area contributed by atoms with Gasteiger partial charge in [-0.15, -0.1) is 0 Å². The first-order valence-corrected chi connectivity index (χ1v) is 13.6. The van der Waals surface area contributed by atoms with Gasteiger partial charge in [0.25, 0.3) is 0 Å². The van der Waals surface area contributed by atoms with Gasteiger partial charge in [-0.05, 0) is 100 Å². The molecule has 4 fully saturated rings. The van der Waals surface area contributed by atoms with Crippen molar-refractivity contribution in [3.8, 4) is 0 Å². The van der Waals surface area contributed by atoms with Crippen molar-refractivity contribution < 1.29 is 13.2 Å². The molecule has 1 nitrogen and oxygen atoms in total. The normalized spacial score (nSPS) is 35.2. The van der Waals surface area contributed by atoms with E-state index >= 15 is 0 Å². The van der Waals surface area contributed by atoms with Gasteiger partial charge < -0.3 is 0 Å². The number of fused-ring (bicyclic) bond motifs is 4. The van der Waals surface area contributed by atoms with Crippen molar-refractivity contribution in [2.75, 3.05) is 0 Å². The van der Waals surface area contributed by atoms with Crippen LogP contribution in [0.15, 0.2) is 54.6 Å². The minimum atomic E-state index is -4.29. The summed E-state index contributed by atoms with van der Waals surface area (Å²) in [7, 11) is 0. The fourth-order valence-electron chi connectivity index (χ4n) is 8.67. The third kappa shape index (κ3) is 3.06. The lowest BCUT2D eigenvalue weighted by Gasteiger charge is -2.50. The zero-order valence-electron chi connectivity index (χ0n) is 18.2. The van der Waals surface area contributed by atoms with Gasteiger partial charge in [-0.3, -0.25) is 0 Å². The van der Waals surface area contributed by atoms with E-state index in [0.29, 0.717) is 5.41 Å². The zero-order valence-corrected chi connectivity index (χ0v) is 19.8. The Labute approximate surface area is 200 Å². The Morgan fingerprint density at radius 1 is 0.879 bits per heavy atom. The standard InChI is InChI=1S/C27H26F3NS2/c28-27(29,30)33-31-32-24(25-12-16-9-19-11-20(14-25)26(19,13-16)15-25)23-21-7-3-1-5-17(21)10-18-6-2-4-8-22(18)23/h1-8,10,16,19-20,24,31H,9,11-15H2. The molecule has 3 aromatic carbocycles. The summed E-state index contributed by atoms with van der Waals surface area (Å²) in [6.45, 7) is 0. The first kappa shape index (κ1) is 21.0. The predicted molar refractivity (Wildman–Crippen MR) is 132 cm³/mol. The fourth-order valence-corrected chi connectivity index (χ4v) is 10.5. The van der Waals surface area contributed by atoms with Crippen molar-refractivity contribution >= 4 is 45.4 Å². The molecular formula is C27H26F3NS2. The molecule has 0 saturated heterocycles. The highest BCUT2D eigenvalue weighted by Crippen LogP contribution is 2.81. The molecule has 33 heavy (non-hydrogen) atoms. The second-order valence-electron chi connectivity index (χ2n) is 11.0. The molecule has 0 radical (unpaired) electrons. The van der Waals surface area contributed by atoms with Crippen LogP contribution in [-0.2, 0) is 0 Å². The van der Waals surface area contributed by atoms with E-state index in [0.717, 1.165) is 24.2 Å². The molecule has 0 aromatic heterocycles. The number of hydrogen-bond acceptors (Lipinski definition) is 3. The Hall–Kier alpha value is -1.37. The van der Waals surface area contributed by atoms with Crippen molar-refractivity contribution in [2.45, 2.75) is 49.3 Å². The van der Waals surface area contributed by atoms with Crippen molar-refractivity contribution in [3.05, 3.63) is 60.2 Å². The topological polar surface area (TPSA) is 12.0 Å². The number of hydrogen-bond donors (Lipinski definition) is 1. The molecule has 0 amide bonds. The number of nitrogens with one attached hydrogen (secondary N) is 1. The molecule has 0 aliphatic heterocycles. The zero-order chi connectivity index (χ0) is 22.4. The van der Waals surface area contributed by atoms with Crippen LogP contribution in [0.2, 0.25) is 0 Å². The molecule has 1 N–H and O–H groups in total. The summed E-state index contributed by atoms with van der Waals surface area (Å²) in [6.07, 6.45) is 7.58. The van der Waals surface area contributed by atoms with Crippen molar-refractivity contribution in [1.29, 1.82) is 0 Å². The molecular weight excluding hydrogens is 459 g/mol.